The van der Waals surface area contributed by atoms with Gasteiger partial charge < -0.3 is 14.8 Å². The smallest absolute Gasteiger partial charge is 0.345 e. The zero-order chi connectivity index (χ0) is 23.6. The number of carbonyl (C=O) groups is 3. The van der Waals surface area contributed by atoms with Gasteiger partial charge in [-0.2, -0.15) is 5.10 Å². The molecule has 0 fully saturated rings. The Bertz CT molecular complexity index is 1160. The molecule has 2 amide bonds. The number of rotatable bonds is 7. The Labute approximate surface area is 195 Å². The molecular weight excluding hydrogens is 446 g/mol. The van der Waals surface area contributed by atoms with E-state index in [1.807, 2.05) is 6.92 Å². The molecule has 0 aromatic heterocycles. The summed E-state index contributed by atoms with van der Waals surface area (Å²) in [4.78, 5) is 36.1. The molecule has 0 saturated heterocycles. The van der Waals surface area contributed by atoms with E-state index in [-0.39, 0.29) is 5.56 Å². The SMILES string of the molecule is CCOc1ccc(NC(=O)C(=O)N/N=C\c2ccc(OC(=O)c3ccccc3Cl)cc2)cc1. The molecule has 3 aromatic carbocycles. The molecule has 0 aliphatic rings. The largest absolute Gasteiger partial charge is 0.494 e. The van der Waals surface area contributed by atoms with E-state index < -0.39 is 17.8 Å². The minimum absolute atomic E-state index is 0.260. The predicted molar refractivity (Wildman–Crippen MR) is 125 cm³/mol. The van der Waals surface area contributed by atoms with Crippen molar-refractivity contribution in [2.24, 2.45) is 5.10 Å². The first-order chi connectivity index (χ1) is 16.0. The average molecular weight is 466 g/mol. The molecule has 0 aliphatic heterocycles. The van der Waals surface area contributed by atoms with Gasteiger partial charge in [0.2, 0.25) is 0 Å². The molecule has 0 radical (unpaired) electrons. The maximum atomic E-state index is 12.2. The summed E-state index contributed by atoms with van der Waals surface area (Å²) in [6, 6.07) is 19.6. The molecule has 33 heavy (non-hydrogen) atoms. The number of hydrazone groups is 1. The van der Waals surface area contributed by atoms with Crippen molar-refractivity contribution in [3.05, 3.63) is 88.9 Å². The first kappa shape index (κ1) is 23.5. The summed E-state index contributed by atoms with van der Waals surface area (Å²) >= 11 is 5.99. The summed E-state index contributed by atoms with van der Waals surface area (Å²) in [6.07, 6.45) is 1.35. The second-order valence-corrected chi connectivity index (χ2v) is 6.96. The van der Waals surface area contributed by atoms with E-state index in [2.05, 4.69) is 15.8 Å². The predicted octanol–water partition coefficient (Wildman–Crippen LogP) is 4.05. The number of carbonyl (C=O) groups excluding carboxylic acids is 3. The Kier molecular flexibility index (Phi) is 8.15. The lowest BCUT2D eigenvalue weighted by molar-refractivity contribution is -0.136. The highest BCUT2D eigenvalue weighted by molar-refractivity contribution is 6.39. The van der Waals surface area contributed by atoms with Crippen LogP contribution in [0.25, 0.3) is 0 Å². The number of hydrogen-bond acceptors (Lipinski definition) is 6. The maximum absolute atomic E-state index is 12.2. The van der Waals surface area contributed by atoms with Crippen molar-refractivity contribution in [1.29, 1.82) is 0 Å². The third kappa shape index (κ3) is 6.91. The van der Waals surface area contributed by atoms with Crippen molar-refractivity contribution < 1.29 is 23.9 Å². The fraction of sp³-hybridized carbons (Fsp3) is 0.0833. The molecule has 0 atom stereocenters. The van der Waals surface area contributed by atoms with Crippen molar-refractivity contribution >= 4 is 41.3 Å². The molecule has 0 unspecified atom stereocenters. The number of benzene rings is 3. The molecule has 9 heteroatoms. The van der Waals surface area contributed by atoms with Crippen molar-refractivity contribution in [1.82, 2.24) is 5.43 Å². The second-order valence-electron chi connectivity index (χ2n) is 6.55. The van der Waals surface area contributed by atoms with E-state index in [1.165, 1.54) is 6.21 Å². The third-order valence-electron chi connectivity index (χ3n) is 4.19. The number of hydrogen-bond donors (Lipinski definition) is 2. The number of esters is 1. The molecular formula is C24H20ClN3O5. The van der Waals surface area contributed by atoms with E-state index in [4.69, 9.17) is 21.1 Å². The van der Waals surface area contributed by atoms with Gasteiger partial charge in [0.05, 0.1) is 23.4 Å². The van der Waals surface area contributed by atoms with Gasteiger partial charge in [-0.05, 0) is 73.2 Å². The Morgan fingerprint density at radius 2 is 1.58 bits per heavy atom. The first-order valence-electron chi connectivity index (χ1n) is 9.90. The van der Waals surface area contributed by atoms with E-state index in [0.717, 1.165) is 0 Å². The van der Waals surface area contributed by atoms with Crippen LogP contribution in [0.15, 0.2) is 77.9 Å². The molecule has 168 valence electrons. The van der Waals surface area contributed by atoms with Crippen LogP contribution in [0.5, 0.6) is 11.5 Å². The highest BCUT2D eigenvalue weighted by Crippen LogP contribution is 2.19. The van der Waals surface area contributed by atoms with Gasteiger partial charge in [0, 0.05) is 5.69 Å². The number of nitrogens with zero attached hydrogens (tertiary/aromatic N) is 1. The topological polar surface area (TPSA) is 106 Å². The molecule has 0 bridgehead atoms. The van der Waals surface area contributed by atoms with Crippen LogP contribution in [0.3, 0.4) is 0 Å². The van der Waals surface area contributed by atoms with Gasteiger partial charge >= 0.3 is 17.8 Å². The minimum Gasteiger partial charge on any atom is -0.494 e. The van der Waals surface area contributed by atoms with Gasteiger partial charge in [0.25, 0.3) is 0 Å². The van der Waals surface area contributed by atoms with Gasteiger partial charge in [-0.25, -0.2) is 10.2 Å². The van der Waals surface area contributed by atoms with Crippen molar-refractivity contribution in [3.8, 4) is 11.5 Å². The lowest BCUT2D eigenvalue weighted by atomic mass is 10.2. The Morgan fingerprint density at radius 3 is 2.24 bits per heavy atom. The van der Waals surface area contributed by atoms with Gasteiger partial charge in [0.15, 0.2) is 0 Å². The standard InChI is InChI=1S/C24H20ClN3O5/c1-2-32-18-13-9-17(10-14-18)27-22(29)23(30)28-26-15-16-7-11-19(12-8-16)33-24(31)20-5-3-4-6-21(20)25/h3-15H,2H2,1H3,(H,27,29)(H,28,30)/b26-15-. The van der Waals surface area contributed by atoms with Gasteiger partial charge in [-0.1, -0.05) is 23.7 Å². The second kappa shape index (κ2) is 11.4. The van der Waals surface area contributed by atoms with E-state index in [1.54, 1.807) is 72.8 Å². The summed E-state index contributed by atoms with van der Waals surface area (Å²) in [7, 11) is 0. The van der Waals surface area contributed by atoms with Crippen LogP contribution >= 0.6 is 11.6 Å². The molecule has 0 aliphatic carbocycles. The number of nitrogens with one attached hydrogen (secondary N) is 2. The van der Waals surface area contributed by atoms with Crippen LogP contribution in [-0.2, 0) is 9.59 Å². The number of halogens is 1. The number of anilines is 1. The molecule has 3 aromatic rings. The highest BCUT2D eigenvalue weighted by Gasteiger charge is 2.13. The number of ether oxygens (including phenoxy) is 2. The summed E-state index contributed by atoms with van der Waals surface area (Å²) < 4.78 is 10.6. The van der Waals surface area contributed by atoms with Crippen molar-refractivity contribution in [3.63, 3.8) is 0 Å². The average Bonchev–Trinajstić information content (AvgIpc) is 2.81. The van der Waals surface area contributed by atoms with Crippen LogP contribution < -0.4 is 20.2 Å². The maximum Gasteiger partial charge on any atom is 0.345 e. The third-order valence-corrected chi connectivity index (χ3v) is 4.52. The molecule has 0 saturated carbocycles. The van der Waals surface area contributed by atoms with E-state index in [0.29, 0.717) is 34.4 Å². The molecule has 0 heterocycles. The van der Waals surface area contributed by atoms with Crippen molar-refractivity contribution in [2.75, 3.05) is 11.9 Å². The van der Waals surface area contributed by atoms with E-state index >= 15 is 0 Å². The summed E-state index contributed by atoms with van der Waals surface area (Å²) in [5.74, 6) is -1.39. The minimum atomic E-state index is -0.926. The van der Waals surface area contributed by atoms with Gasteiger partial charge in [0.1, 0.15) is 11.5 Å². The quantitative estimate of drug-likeness (QED) is 0.180. The van der Waals surface area contributed by atoms with Gasteiger partial charge in [-0.15, -0.1) is 0 Å². The van der Waals surface area contributed by atoms with Crippen LogP contribution in [0.4, 0.5) is 5.69 Å². The lowest BCUT2D eigenvalue weighted by Gasteiger charge is -2.06. The van der Waals surface area contributed by atoms with Gasteiger partial charge in [-0.3, -0.25) is 9.59 Å². The Morgan fingerprint density at radius 1 is 0.909 bits per heavy atom. The Hall–Kier alpha value is -4.17. The van der Waals surface area contributed by atoms with Crippen molar-refractivity contribution in [2.45, 2.75) is 6.92 Å². The van der Waals surface area contributed by atoms with Crippen LogP contribution in [-0.4, -0.2) is 30.6 Å². The highest BCUT2D eigenvalue weighted by atomic mass is 35.5. The summed E-state index contributed by atoms with van der Waals surface area (Å²) in [5, 5.41) is 6.53. The Balaban J connectivity index is 1.49. The molecule has 8 nitrogen and oxygen atoms in total. The fourth-order valence-corrected chi connectivity index (χ4v) is 2.83. The zero-order valence-corrected chi connectivity index (χ0v) is 18.3. The van der Waals surface area contributed by atoms with E-state index in [9.17, 15) is 14.4 Å². The van der Waals surface area contributed by atoms with Crippen LogP contribution in [0.2, 0.25) is 5.02 Å². The fourth-order valence-electron chi connectivity index (χ4n) is 2.62. The molecule has 0 spiro atoms. The monoisotopic (exact) mass is 465 g/mol. The molecule has 3 rings (SSSR count). The zero-order valence-electron chi connectivity index (χ0n) is 17.6. The van der Waals surface area contributed by atoms with Crippen LogP contribution in [0.1, 0.15) is 22.8 Å². The summed E-state index contributed by atoms with van der Waals surface area (Å²) in [6.45, 7) is 2.40. The molecule has 2 N–H and O–H groups in total. The first-order valence-corrected chi connectivity index (χ1v) is 10.3. The van der Waals surface area contributed by atoms with Crippen LogP contribution in [0, 0.1) is 0 Å². The number of amides is 2. The normalized spacial score (nSPS) is 10.5. The summed E-state index contributed by atoms with van der Waals surface area (Å²) in [5.41, 5.74) is 3.47. The lowest BCUT2D eigenvalue weighted by Crippen LogP contribution is -2.32.